The second-order valence-corrected chi connectivity index (χ2v) is 2.91. The molecule has 7 heavy (non-hydrogen) atoms. The van der Waals surface area contributed by atoms with Crippen LogP contribution in [-0.4, -0.2) is 24.6 Å². The van der Waals surface area contributed by atoms with Crippen molar-refractivity contribution in [1.29, 1.82) is 0 Å². The molecule has 1 heterocycles. The summed E-state index contributed by atoms with van der Waals surface area (Å²) >= 11 is 1.94. The summed E-state index contributed by atoms with van der Waals surface area (Å²) in [6.45, 7) is 2.20. The Kier molecular flexibility index (Phi) is 2.00. The van der Waals surface area contributed by atoms with Gasteiger partial charge in [0.2, 0.25) is 0 Å². The zero-order valence-electron chi connectivity index (χ0n) is 4.55. The first kappa shape index (κ1) is 5.45. The molecule has 1 aliphatic heterocycles. The number of hydrogen-bond acceptors (Lipinski definition) is 1. The zero-order chi connectivity index (χ0) is 5.11. The third-order valence-corrected chi connectivity index (χ3v) is 2.33. The van der Waals surface area contributed by atoms with E-state index in [2.05, 4.69) is 11.6 Å². The number of thioether (sulfide) groups is 1. The normalized spacial score (nSPS) is 31.3. The molecule has 1 radical (unpaired) electrons. The first-order chi connectivity index (χ1) is 3.43. The molecule has 0 bridgehead atoms. The highest BCUT2D eigenvalue weighted by molar-refractivity contribution is 7.99. The van der Waals surface area contributed by atoms with Crippen LogP contribution in [0.2, 0.25) is 0 Å². The van der Waals surface area contributed by atoms with Crippen molar-refractivity contribution in [2.45, 2.75) is 11.7 Å². The summed E-state index contributed by atoms with van der Waals surface area (Å²) in [7, 11) is 0. The van der Waals surface area contributed by atoms with E-state index in [0.29, 0.717) is 0 Å². The predicted octanol–water partition coefficient (Wildman–Crippen LogP) is 0.726. The van der Waals surface area contributed by atoms with Crippen LogP contribution in [0.15, 0.2) is 0 Å². The van der Waals surface area contributed by atoms with Crippen molar-refractivity contribution in [3.05, 3.63) is 0 Å². The van der Waals surface area contributed by atoms with Gasteiger partial charge in [0.15, 0.2) is 0 Å². The van der Waals surface area contributed by atoms with Crippen molar-refractivity contribution in [3.8, 4) is 0 Å². The molecule has 0 amide bonds. The van der Waals surface area contributed by atoms with Crippen LogP contribution in [0.5, 0.6) is 0 Å². The van der Waals surface area contributed by atoms with Crippen molar-refractivity contribution in [1.82, 2.24) is 5.32 Å². The third kappa shape index (κ3) is 1.35. The molecule has 1 unspecified atom stereocenters. The second-order valence-electron chi connectivity index (χ2n) is 1.78. The molecular formula is C5H10NS. The Morgan fingerprint density at radius 1 is 1.71 bits per heavy atom. The van der Waals surface area contributed by atoms with Gasteiger partial charge in [-0.1, -0.05) is 0 Å². The van der Waals surface area contributed by atoms with Crippen molar-refractivity contribution in [3.63, 3.8) is 0 Å². The molecule has 0 N–H and O–H groups in total. The summed E-state index contributed by atoms with van der Waals surface area (Å²) in [5, 5.41) is 5.06. The average Bonchev–Trinajstić information content (AvgIpc) is 2.14. The average molecular weight is 116 g/mol. The summed E-state index contributed by atoms with van der Waals surface area (Å²) in [4.78, 5) is 0. The van der Waals surface area contributed by atoms with Crippen LogP contribution in [0, 0.1) is 0 Å². The molecule has 0 spiro atoms. The van der Waals surface area contributed by atoms with Crippen LogP contribution < -0.4 is 5.32 Å². The third-order valence-electron chi connectivity index (χ3n) is 1.28. The monoisotopic (exact) mass is 116 g/mol. The van der Waals surface area contributed by atoms with Crippen molar-refractivity contribution < 1.29 is 0 Å². The molecule has 0 saturated carbocycles. The molecular weight excluding hydrogens is 106 g/mol. The van der Waals surface area contributed by atoms with Gasteiger partial charge in [-0.3, -0.25) is 0 Å². The molecule has 1 aliphatic rings. The minimum Gasteiger partial charge on any atom is -0.241 e. The van der Waals surface area contributed by atoms with E-state index in [1.165, 1.54) is 6.42 Å². The van der Waals surface area contributed by atoms with Crippen molar-refractivity contribution >= 4 is 11.8 Å². The quantitative estimate of drug-likeness (QED) is 0.492. The Morgan fingerprint density at radius 2 is 2.57 bits per heavy atom. The number of rotatable bonds is 1. The fraction of sp³-hybridized carbons (Fsp3) is 1.00. The Balaban J connectivity index is 2.14. The van der Waals surface area contributed by atoms with Gasteiger partial charge in [-0.15, -0.1) is 0 Å². The minimum atomic E-state index is 0.847. The summed E-state index contributed by atoms with van der Waals surface area (Å²) in [6, 6.07) is 0. The van der Waals surface area contributed by atoms with Crippen molar-refractivity contribution in [2.75, 3.05) is 19.3 Å². The molecule has 41 valence electrons. The first-order valence-corrected chi connectivity index (χ1v) is 3.88. The lowest BCUT2D eigenvalue weighted by Gasteiger charge is -1.98. The highest BCUT2D eigenvalue weighted by atomic mass is 32.2. The van der Waals surface area contributed by atoms with Gasteiger partial charge < -0.3 is 0 Å². The van der Waals surface area contributed by atoms with Crippen molar-refractivity contribution in [2.24, 2.45) is 0 Å². The highest BCUT2D eigenvalue weighted by Gasteiger charge is 2.12. The lowest BCUT2D eigenvalue weighted by atomic mass is 10.4. The maximum Gasteiger partial charge on any atom is 0.0253 e. The maximum absolute atomic E-state index is 4.21. The molecule has 0 aliphatic carbocycles. The molecule has 1 fully saturated rings. The first-order valence-electron chi connectivity index (χ1n) is 2.59. The maximum atomic E-state index is 4.21. The van der Waals surface area contributed by atoms with Crippen LogP contribution in [0.4, 0.5) is 0 Å². The molecule has 1 nitrogen and oxygen atoms in total. The summed E-state index contributed by atoms with van der Waals surface area (Å²) in [5.41, 5.74) is 0. The van der Waals surface area contributed by atoms with Crippen LogP contribution in [0.25, 0.3) is 0 Å². The number of hydrogen-bond donors (Lipinski definition) is 0. The fourth-order valence-electron chi connectivity index (χ4n) is 0.754. The van der Waals surface area contributed by atoms with Gasteiger partial charge in [0.05, 0.1) is 0 Å². The van der Waals surface area contributed by atoms with Gasteiger partial charge in [-0.2, -0.15) is 11.8 Å². The van der Waals surface area contributed by atoms with E-state index in [0.717, 1.165) is 18.3 Å². The van der Waals surface area contributed by atoms with Crippen LogP contribution in [0.1, 0.15) is 6.42 Å². The van der Waals surface area contributed by atoms with E-state index >= 15 is 0 Å². The minimum absolute atomic E-state index is 0.847. The van der Waals surface area contributed by atoms with Gasteiger partial charge in [0, 0.05) is 18.3 Å². The molecule has 1 saturated heterocycles. The molecule has 0 aromatic rings. The lowest BCUT2D eigenvalue weighted by molar-refractivity contribution is 0.839. The van der Waals surface area contributed by atoms with E-state index in [1.807, 2.05) is 11.8 Å². The Labute approximate surface area is 48.9 Å². The van der Waals surface area contributed by atoms with E-state index in [1.54, 1.807) is 0 Å². The fourth-order valence-corrected chi connectivity index (χ4v) is 1.35. The summed E-state index contributed by atoms with van der Waals surface area (Å²) in [5.74, 6) is 0. The van der Waals surface area contributed by atoms with Gasteiger partial charge in [0.1, 0.15) is 0 Å². The largest absolute Gasteiger partial charge is 0.241 e. The molecule has 2 heteroatoms. The van der Waals surface area contributed by atoms with E-state index in [-0.39, 0.29) is 0 Å². The van der Waals surface area contributed by atoms with E-state index < -0.39 is 0 Å². The van der Waals surface area contributed by atoms with Gasteiger partial charge in [-0.05, 0) is 12.7 Å². The Bertz CT molecular complexity index is 50.0. The topological polar surface area (TPSA) is 14.1 Å². The lowest BCUT2D eigenvalue weighted by Crippen LogP contribution is -2.02. The van der Waals surface area contributed by atoms with E-state index in [9.17, 15) is 0 Å². The SMILES string of the molecule is CSC1CC[N]C1. The van der Waals surface area contributed by atoms with Crippen LogP contribution >= 0.6 is 11.8 Å². The zero-order valence-corrected chi connectivity index (χ0v) is 5.37. The second kappa shape index (κ2) is 2.58. The van der Waals surface area contributed by atoms with Crippen LogP contribution in [0.3, 0.4) is 0 Å². The molecule has 1 atom stereocenters. The molecule has 0 aromatic carbocycles. The molecule has 0 aromatic heterocycles. The highest BCUT2D eigenvalue weighted by Crippen LogP contribution is 2.13. The molecule has 1 rings (SSSR count). The standard InChI is InChI=1S/C5H10NS/c1-7-5-2-3-6-4-5/h5H,2-4H2,1H3. The predicted molar refractivity (Wildman–Crippen MR) is 33.8 cm³/mol. The Morgan fingerprint density at radius 3 is 2.86 bits per heavy atom. The van der Waals surface area contributed by atoms with Crippen LogP contribution in [-0.2, 0) is 0 Å². The summed E-state index contributed by atoms with van der Waals surface area (Å²) < 4.78 is 0. The van der Waals surface area contributed by atoms with Gasteiger partial charge in [0.25, 0.3) is 0 Å². The smallest absolute Gasteiger partial charge is 0.0253 e. The van der Waals surface area contributed by atoms with Gasteiger partial charge in [-0.25, -0.2) is 5.32 Å². The Hall–Kier alpha value is 0.310. The number of nitrogens with zero attached hydrogens (tertiary/aromatic N) is 1. The van der Waals surface area contributed by atoms with Gasteiger partial charge >= 0.3 is 0 Å². The summed E-state index contributed by atoms with van der Waals surface area (Å²) in [6.07, 6.45) is 3.46. The van der Waals surface area contributed by atoms with E-state index in [4.69, 9.17) is 0 Å².